The van der Waals surface area contributed by atoms with Gasteiger partial charge in [-0.25, -0.2) is 0 Å². The average molecular weight is 375 g/mol. The van der Waals surface area contributed by atoms with Crippen molar-refractivity contribution >= 4 is 23.2 Å². The van der Waals surface area contributed by atoms with Crippen molar-refractivity contribution in [1.29, 1.82) is 0 Å². The van der Waals surface area contributed by atoms with Gasteiger partial charge in [0.2, 0.25) is 0 Å². The molecule has 0 radical (unpaired) electrons. The van der Waals surface area contributed by atoms with Crippen LogP contribution < -0.4 is 15.4 Å². The number of ether oxygens (including phenoxy) is 1. The quantitative estimate of drug-likeness (QED) is 0.683. The number of para-hydroxylation sites is 2. The van der Waals surface area contributed by atoms with Crippen LogP contribution in [-0.2, 0) is 4.79 Å². The minimum Gasteiger partial charge on any atom is -0.483 e. The molecule has 0 spiro atoms. The number of hydrogen-bond acceptors (Lipinski definition) is 4. The summed E-state index contributed by atoms with van der Waals surface area (Å²) in [5, 5.41) is 5.56. The molecule has 142 valence electrons. The summed E-state index contributed by atoms with van der Waals surface area (Å²) in [6, 6.07) is 16.1. The van der Waals surface area contributed by atoms with Gasteiger partial charge in [0.05, 0.1) is 16.9 Å². The summed E-state index contributed by atoms with van der Waals surface area (Å²) in [6.07, 6.45) is 3.08. The van der Waals surface area contributed by atoms with Crippen molar-refractivity contribution in [3.05, 3.63) is 83.7 Å². The van der Waals surface area contributed by atoms with Crippen LogP contribution in [0, 0.1) is 13.8 Å². The van der Waals surface area contributed by atoms with Crippen LogP contribution in [0.3, 0.4) is 0 Å². The monoisotopic (exact) mass is 375 g/mol. The highest BCUT2D eigenvalue weighted by atomic mass is 16.5. The molecule has 1 aromatic heterocycles. The number of anilines is 2. The molecule has 28 heavy (non-hydrogen) atoms. The molecule has 0 unspecified atom stereocenters. The number of carbonyl (C=O) groups excluding carboxylic acids is 2. The van der Waals surface area contributed by atoms with E-state index in [9.17, 15) is 9.59 Å². The number of pyridine rings is 1. The van der Waals surface area contributed by atoms with Gasteiger partial charge in [0.15, 0.2) is 6.61 Å². The van der Waals surface area contributed by atoms with Gasteiger partial charge in [-0.1, -0.05) is 29.8 Å². The van der Waals surface area contributed by atoms with Crippen molar-refractivity contribution in [3.63, 3.8) is 0 Å². The molecule has 6 heteroatoms. The van der Waals surface area contributed by atoms with Gasteiger partial charge < -0.3 is 15.4 Å². The van der Waals surface area contributed by atoms with Crippen LogP contribution in [0.25, 0.3) is 0 Å². The van der Waals surface area contributed by atoms with Gasteiger partial charge in [0, 0.05) is 12.4 Å². The Hall–Kier alpha value is -3.67. The van der Waals surface area contributed by atoms with Gasteiger partial charge in [0.25, 0.3) is 11.8 Å². The molecule has 0 aliphatic rings. The van der Waals surface area contributed by atoms with Gasteiger partial charge in [-0.15, -0.1) is 0 Å². The number of aryl methyl sites for hydroxylation is 2. The third kappa shape index (κ3) is 4.94. The summed E-state index contributed by atoms with van der Waals surface area (Å²) in [6.45, 7) is 3.80. The smallest absolute Gasteiger partial charge is 0.262 e. The second-order valence-corrected chi connectivity index (χ2v) is 6.35. The highest BCUT2D eigenvalue weighted by Crippen LogP contribution is 2.22. The molecule has 0 saturated carbocycles. The van der Waals surface area contributed by atoms with E-state index >= 15 is 0 Å². The number of nitrogens with zero attached hydrogens (tertiary/aromatic N) is 1. The van der Waals surface area contributed by atoms with Crippen molar-refractivity contribution in [1.82, 2.24) is 4.98 Å². The van der Waals surface area contributed by atoms with E-state index in [-0.39, 0.29) is 18.4 Å². The van der Waals surface area contributed by atoms with Crippen LogP contribution in [0.1, 0.15) is 21.5 Å². The standard InChI is InChI=1S/C22H21N3O3/c1-15-9-10-20(16(2)12-15)28-14-21(26)24-18-7-3-4-8-19(18)25-22(27)17-6-5-11-23-13-17/h3-13H,14H2,1-2H3,(H,24,26)(H,25,27). The summed E-state index contributed by atoms with van der Waals surface area (Å²) in [7, 11) is 0. The normalized spacial score (nSPS) is 10.2. The average Bonchev–Trinajstić information content (AvgIpc) is 2.69. The first-order valence-electron chi connectivity index (χ1n) is 8.83. The minimum absolute atomic E-state index is 0.130. The molecule has 3 aromatic rings. The van der Waals surface area contributed by atoms with Gasteiger partial charge in [-0.2, -0.15) is 0 Å². The molecule has 1 heterocycles. The van der Waals surface area contributed by atoms with Crippen LogP contribution in [0.5, 0.6) is 5.75 Å². The molecular weight excluding hydrogens is 354 g/mol. The number of rotatable bonds is 6. The van der Waals surface area contributed by atoms with E-state index in [1.54, 1.807) is 42.6 Å². The molecule has 0 aliphatic heterocycles. The molecule has 2 amide bonds. The summed E-state index contributed by atoms with van der Waals surface area (Å²) >= 11 is 0. The largest absolute Gasteiger partial charge is 0.483 e. The Labute approximate surface area is 163 Å². The maximum Gasteiger partial charge on any atom is 0.262 e. The third-order valence-electron chi connectivity index (χ3n) is 4.06. The Morgan fingerprint density at radius 3 is 2.39 bits per heavy atom. The van der Waals surface area contributed by atoms with Crippen molar-refractivity contribution in [2.45, 2.75) is 13.8 Å². The van der Waals surface area contributed by atoms with E-state index in [1.807, 2.05) is 32.0 Å². The van der Waals surface area contributed by atoms with E-state index in [4.69, 9.17) is 4.74 Å². The number of aromatic nitrogens is 1. The van der Waals surface area contributed by atoms with Crippen molar-refractivity contribution in [3.8, 4) is 5.75 Å². The van der Waals surface area contributed by atoms with Crippen LogP contribution in [-0.4, -0.2) is 23.4 Å². The summed E-state index contributed by atoms with van der Waals surface area (Å²) in [5.74, 6) is 0.0447. The van der Waals surface area contributed by atoms with Crippen molar-refractivity contribution < 1.29 is 14.3 Å². The number of benzene rings is 2. The molecule has 0 fully saturated rings. The lowest BCUT2D eigenvalue weighted by Crippen LogP contribution is -2.22. The number of amides is 2. The first-order valence-corrected chi connectivity index (χ1v) is 8.83. The number of carbonyl (C=O) groups is 2. The lowest BCUT2D eigenvalue weighted by Gasteiger charge is -2.13. The first-order chi connectivity index (χ1) is 13.5. The van der Waals surface area contributed by atoms with Gasteiger partial charge in [0.1, 0.15) is 5.75 Å². The Morgan fingerprint density at radius 2 is 1.71 bits per heavy atom. The fourth-order valence-electron chi connectivity index (χ4n) is 2.68. The van der Waals surface area contributed by atoms with Crippen LogP contribution in [0.4, 0.5) is 11.4 Å². The Balaban J connectivity index is 1.64. The van der Waals surface area contributed by atoms with E-state index in [0.717, 1.165) is 11.1 Å². The molecule has 0 aliphatic carbocycles. The molecule has 6 nitrogen and oxygen atoms in total. The highest BCUT2D eigenvalue weighted by Gasteiger charge is 2.12. The molecule has 2 N–H and O–H groups in total. The lowest BCUT2D eigenvalue weighted by atomic mass is 10.1. The minimum atomic E-state index is -0.317. The molecule has 0 saturated heterocycles. The molecular formula is C22H21N3O3. The predicted octanol–water partition coefficient (Wildman–Crippen LogP) is 3.97. The fourth-order valence-corrected chi connectivity index (χ4v) is 2.68. The third-order valence-corrected chi connectivity index (χ3v) is 4.06. The lowest BCUT2D eigenvalue weighted by molar-refractivity contribution is -0.118. The zero-order chi connectivity index (χ0) is 19.9. The topological polar surface area (TPSA) is 80.3 Å². The summed E-state index contributed by atoms with van der Waals surface area (Å²) in [4.78, 5) is 28.6. The van der Waals surface area contributed by atoms with Gasteiger partial charge in [-0.05, 0) is 49.7 Å². The van der Waals surface area contributed by atoms with Crippen molar-refractivity contribution in [2.24, 2.45) is 0 Å². The molecule has 0 bridgehead atoms. The number of hydrogen-bond donors (Lipinski definition) is 2. The zero-order valence-electron chi connectivity index (χ0n) is 15.7. The second-order valence-electron chi connectivity index (χ2n) is 6.35. The maximum atomic E-state index is 12.3. The van der Waals surface area contributed by atoms with E-state index in [2.05, 4.69) is 15.6 Å². The van der Waals surface area contributed by atoms with Crippen LogP contribution in [0.2, 0.25) is 0 Å². The molecule has 0 atom stereocenters. The van der Waals surface area contributed by atoms with Crippen LogP contribution >= 0.6 is 0 Å². The SMILES string of the molecule is Cc1ccc(OCC(=O)Nc2ccccc2NC(=O)c2cccnc2)c(C)c1. The Kier molecular flexibility index (Phi) is 6.01. The number of nitrogens with one attached hydrogen (secondary N) is 2. The molecule has 3 rings (SSSR count). The summed E-state index contributed by atoms with van der Waals surface area (Å²) < 4.78 is 5.61. The Morgan fingerprint density at radius 1 is 0.964 bits per heavy atom. The predicted molar refractivity (Wildman–Crippen MR) is 109 cm³/mol. The van der Waals surface area contributed by atoms with Crippen LogP contribution in [0.15, 0.2) is 67.0 Å². The van der Waals surface area contributed by atoms with E-state index < -0.39 is 0 Å². The Bertz CT molecular complexity index is 987. The maximum absolute atomic E-state index is 12.3. The first kappa shape index (κ1) is 19.1. The van der Waals surface area contributed by atoms with E-state index in [1.165, 1.54) is 6.20 Å². The van der Waals surface area contributed by atoms with Crippen molar-refractivity contribution in [2.75, 3.05) is 17.2 Å². The fraction of sp³-hybridized carbons (Fsp3) is 0.136. The van der Waals surface area contributed by atoms with Gasteiger partial charge in [-0.3, -0.25) is 14.6 Å². The summed E-state index contributed by atoms with van der Waals surface area (Å²) in [5.41, 5.74) is 3.52. The molecule has 2 aromatic carbocycles. The van der Waals surface area contributed by atoms with Gasteiger partial charge >= 0.3 is 0 Å². The second kappa shape index (κ2) is 8.81. The van der Waals surface area contributed by atoms with E-state index in [0.29, 0.717) is 22.7 Å². The zero-order valence-corrected chi connectivity index (χ0v) is 15.7. The highest BCUT2D eigenvalue weighted by molar-refractivity contribution is 6.07.